The van der Waals surface area contributed by atoms with Crippen molar-refractivity contribution in [1.82, 2.24) is 14.5 Å². The van der Waals surface area contributed by atoms with E-state index in [1.165, 1.54) is 0 Å². The zero-order valence-corrected chi connectivity index (χ0v) is 34.4. The van der Waals surface area contributed by atoms with Crippen LogP contribution in [-0.2, 0) is 0 Å². The molecule has 0 fully saturated rings. The van der Waals surface area contributed by atoms with Gasteiger partial charge in [0.2, 0.25) is 0 Å². The first-order chi connectivity index (χ1) is 31.2. The molecule has 0 aliphatic rings. The Labute approximate surface area is 367 Å². The number of rotatable bonds is 10. The molecular formula is C58H41N5. The van der Waals surface area contributed by atoms with E-state index in [1.54, 1.807) is 0 Å². The smallest absolute Gasteiger partial charge is 0.160 e. The highest BCUT2D eigenvalue weighted by Crippen LogP contribution is 2.43. The minimum Gasteiger partial charge on any atom is -0.310 e. The van der Waals surface area contributed by atoms with Crippen LogP contribution in [0.25, 0.3) is 61.4 Å². The summed E-state index contributed by atoms with van der Waals surface area (Å²) in [4.78, 5) is 14.8. The molecule has 0 aliphatic carbocycles. The van der Waals surface area contributed by atoms with Crippen molar-refractivity contribution in [1.29, 1.82) is 0 Å². The number of nitrogens with zero attached hydrogens (tertiary/aromatic N) is 5. The van der Waals surface area contributed by atoms with Crippen LogP contribution in [0.15, 0.2) is 249 Å². The number of benzene rings is 9. The van der Waals surface area contributed by atoms with Crippen LogP contribution in [0.2, 0.25) is 0 Å². The molecule has 0 N–H and O–H groups in total. The molecule has 2 heterocycles. The van der Waals surface area contributed by atoms with Gasteiger partial charge in [0.1, 0.15) is 0 Å². The minimum atomic E-state index is 0.699. The highest BCUT2D eigenvalue weighted by atomic mass is 15.1. The maximum Gasteiger partial charge on any atom is 0.160 e. The minimum absolute atomic E-state index is 0.699. The second-order valence-corrected chi connectivity index (χ2v) is 15.5. The molecule has 298 valence electrons. The normalized spacial score (nSPS) is 11.2. The van der Waals surface area contributed by atoms with E-state index in [2.05, 4.69) is 227 Å². The summed E-state index contributed by atoms with van der Waals surface area (Å²) in [5, 5.41) is 2.31. The molecule has 0 spiro atoms. The Kier molecular flexibility index (Phi) is 9.80. The van der Waals surface area contributed by atoms with Crippen LogP contribution < -0.4 is 9.80 Å². The molecule has 0 aliphatic heterocycles. The van der Waals surface area contributed by atoms with Crippen molar-refractivity contribution in [3.8, 4) is 39.6 Å². The van der Waals surface area contributed by atoms with Gasteiger partial charge in [0.25, 0.3) is 0 Å². The van der Waals surface area contributed by atoms with Crippen molar-refractivity contribution in [3.05, 3.63) is 249 Å². The first kappa shape index (κ1) is 37.5. The van der Waals surface area contributed by atoms with Gasteiger partial charge in [-0.05, 0) is 103 Å². The first-order valence-corrected chi connectivity index (χ1v) is 21.2. The third-order valence-electron chi connectivity index (χ3n) is 11.6. The van der Waals surface area contributed by atoms with Crippen molar-refractivity contribution < 1.29 is 0 Å². The molecule has 9 aromatic carbocycles. The Morgan fingerprint density at radius 3 is 1.03 bits per heavy atom. The Morgan fingerprint density at radius 1 is 0.286 bits per heavy atom. The highest BCUT2D eigenvalue weighted by Gasteiger charge is 2.20. The van der Waals surface area contributed by atoms with Gasteiger partial charge in [-0.1, -0.05) is 146 Å². The van der Waals surface area contributed by atoms with Gasteiger partial charge < -0.3 is 14.4 Å². The molecule has 11 aromatic rings. The average molecular weight is 808 g/mol. The van der Waals surface area contributed by atoms with E-state index >= 15 is 0 Å². The van der Waals surface area contributed by atoms with Crippen LogP contribution in [0.1, 0.15) is 0 Å². The molecule has 0 amide bonds. The van der Waals surface area contributed by atoms with Crippen LogP contribution in [-0.4, -0.2) is 14.5 Å². The van der Waals surface area contributed by atoms with Crippen LogP contribution in [0.4, 0.5) is 34.1 Å². The topological polar surface area (TPSA) is 37.2 Å². The van der Waals surface area contributed by atoms with E-state index < -0.39 is 0 Å². The average Bonchev–Trinajstić information content (AvgIpc) is 3.69. The quantitative estimate of drug-likeness (QED) is 0.138. The lowest BCUT2D eigenvalue weighted by atomic mass is 10.1. The van der Waals surface area contributed by atoms with Crippen LogP contribution >= 0.6 is 0 Å². The number of fused-ring (bicyclic) bond motifs is 3. The molecule has 0 radical (unpaired) electrons. The SMILES string of the molecule is c1ccc(-c2cc(-c3ccc(-n4c5ccc(N(c6ccccc6)c6ccccc6)cc5c5cc(N(c6ccccc6)c6ccccc6)ccc54)cc3)nc(-c3ccccc3)n2)cc1. The maximum atomic E-state index is 5.12. The van der Waals surface area contributed by atoms with E-state index in [-0.39, 0.29) is 0 Å². The monoisotopic (exact) mass is 807 g/mol. The molecule has 63 heavy (non-hydrogen) atoms. The summed E-state index contributed by atoms with van der Waals surface area (Å²) in [6, 6.07) is 87.5. The lowest BCUT2D eigenvalue weighted by molar-refractivity contribution is 1.17. The Bertz CT molecular complexity index is 3020. The van der Waals surface area contributed by atoms with Gasteiger partial charge in [-0.2, -0.15) is 0 Å². The lowest BCUT2D eigenvalue weighted by Crippen LogP contribution is -2.09. The van der Waals surface area contributed by atoms with Crippen molar-refractivity contribution >= 4 is 55.9 Å². The third kappa shape index (κ3) is 7.28. The van der Waals surface area contributed by atoms with Crippen LogP contribution in [0, 0.1) is 0 Å². The Hall–Kier alpha value is -8.54. The molecule has 5 nitrogen and oxygen atoms in total. The molecule has 11 rings (SSSR count). The van der Waals surface area contributed by atoms with Gasteiger partial charge >= 0.3 is 0 Å². The Morgan fingerprint density at radius 2 is 0.635 bits per heavy atom. The number of hydrogen-bond acceptors (Lipinski definition) is 4. The van der Waals surface area contributed by atoms with Gasteiger partial charge in [0.15, 0.2) is 5.82 Å². The molecular weight excluding hydrogens is 767 g/mol. The predicted molar refractivity (Wildman–Crippen MR) is 262 cm³/mol. The van der Waals surface area contributed by atoms with E-state index in [0.717, 1.165) is 89.7 Å². The second kappa shape index (κ2) is 16.5. The summed E-state index contributed by atoms with van der Waals surface area (Å²) in [6.45, 7) is 0. The van der Waals surface area contributed by atoms with Gasteiger partial charge in [0, 0.05) is 67.3 Å². The van der Waals surface area contributed by atoms with Crippen LogP contribution in [0.5, 0.6) is 0 Å². The molecule has 5 heteroatoms. The molecule has 2 aromatic heterocycles. The van der Waals surface area contributed by atoms with Crippen LogP contribution in [0.3, 0.4) is 0 Å². The number of hydrogen-bond donors (Lipinski definition) is 0. The summed E-state index contributed by atoms with van der Waals surface area (Å²) in [7, 11) is 0. The standard InChI is InChI=1S/C58H41N5/c1-7-19-42(20-8-1)54-41-55(60-58(59-54)44-21-9-2-10-22-44)43-31-33-49(34-32-43)63-56-37-35-50(61(45-23-11-3-12-24-45)46-25-13-4-14-26-46)39-52(56)53-40-51(36-38-57(53)63)62(47-27-15-5-16-28-47)48-29-17-6-18-30-48/h1-41H. The van der Waals surface area contributed by atoms with Crippen molar-refractivity contribution in [2.45, 2.75) is 0 Å². The lowest BCUT2D eigenvalue weighted by Gasteiger charge is -2.26. The summed E-state index contributed by atoms with van der Waals surface area (Å²) in [5.74, 6) is 0.699. The van der Waals surface area contributed by atoms with Gasteiger partial charge in [-0.3, -0.25) is 0 Å². The molecule has 0 saturated heterocycles. The fourth-order valence-electron chi connectivity index (χ4n) is 8.61. The largest absolute Gasteiger partial charge is 0.310 e. The van der Waals surface area contributed by atoms with E-state index in [9.17, 15) is 0 Å². The van der Waals surface area contributed by atoms with Gasteiger partial charge in [-0.15, -0.1) is 0 Å². The van der Waals surface area contributed by atoms with Crippen molar-refractivity contribution in [2.75, 3.05) is 9.80 Å². The molecule has 0 bridgehead atoms. The summed E-state index contributed by atoms with van der Waals surface area (Å²) in [5.41, 5.74) is 14.6. The van der Waals surface area contributed by atoms with E-state index in [1.807, 2.05) is 36.4 Å². The summed E-state index contributed by atoms with van der Waals surface area (Å²) < 4.78 is 2.39. The molecule has 0 unspecified atom stereocenters. The van der Waals surface area contributed by atoms with Crippen molar-refractivity contribution in [3.63, 3.8) is 0 Å². The number of para-hydroxylation sites is 4. The fraction of sp³-hybridized carbons (Fsp3) is 0. The predicted octanol–water partition coefficient (Wildman–Crippen LogP) is 15.5. The number of anilines is 6. The summed E-state index contributed by atoms with van der Waals surface area (Å²) >= 11 is 0. The zero-order valence-electron chi connectivity index (χ0n) is 34.4. The summed E-state index contributed by atoms with van der Waals surface area (Å²) in [6.07, 6.45) is 0. The molecule has 0 atom stereocenters. The van der Waals surface area contributed by atoms with Gasteiger partial charge in [-0.25, -0.2) is 9.97 Å². The zero-order chi connectivity index (χ0) is 42.0. The number of aromatic nitrogens is 3. The van der Waals surface area contributed by atoms with Gasteiger partial charge in [0.05, 0.1) is 22.4 Å². The highest BCUT2D eigenvalue weighted by molar-refractivity contribution is 6.12. The Balaban J connectivity index is 1.09. The van der Waals surface area contributed by atoms with E-state index in [4.69, 9.17) is 9.97 Å². The van der Waals surface area contributed by atoms with E-state index in [0.29, 0.717) is 5.82 Å². The fourth-order valence-corrected chi connectivity index (χ4v) is 8.61. The second-order valence-electron chi connectivity index (χ2n) is 15.5. The van der Waals surface area contributed by atoms with Crippen molar-refractivity contribution in [2.24, 2.45) is 0 Å². The maximum absolute atomic E-state index is 5.12. The third-order valence-corrected chi connectivity index (χ3v) is 11.6. The molecule has 0 saturated carbocycles. The first-order valence-electron chi connectivity index (χ1n) is 21.2.